The normalized spacial score (nSPS) is 9.78. The van der Waals surface area contributed by atoms with E-state index < -0.39 is 0 Å². The highest BCUT2D eigenvalue weighted by Crippen LogP contribution is 2.13. The Hall–Kier alpha value is -1.32. The number of thiazole rings is 1. The summed E-state index contributed by atoms with van der Waals surface area (Å²) >= 11 is 1.65. The molecule has 0 bridgehead atoms. The van der Waals surface area contributed by atoms with Crippen LogP contribution in [0.1, 0.15) is 22.0 Å². The molecule has 0 aliphatic rings. The van der Waals surface area contributed by atoms with Crippen LogP contribution in [0.15, 0.2) is 11.7 Å². The Bertz CT molecular complexity index is 593. The number of aliphatic hydroxyl groups excluding tert-OH is 2. The fraction of sp³-hybridized carbons (Fsp3) is 0.500. The van der Waals surface area contributed by atoms with E-state index in [-0.39, 0.29) is 25.6 Å². The number of aromatic nitrogens is 3. The Kier molecular flexibility index (Phi) is 10.6. The van der Waals surface area contributed by atoms with Crippen LogP contribution in [0.3, 0.4) is 0 Å². The van der Waals surface area contributed by atoms with Gasteiger partial charge in [0.2, 0.25) is 5.51 Å². The van der Waals surface area contributed by atoms with Gasteiger partial charge in [0.15, 0.2) is 12.2 Å². The third-order valence-corrected chi connectivity index (χ3v) is 4.13. The molecule has 2 aromatic rings. The fourth-order valence-electron chi connectivity index (χ4n) is 1.77. The maximum Gasteiger partial charge on any atom is 0.225 e. The van der Waals surface area contributed by atoms with Gasteiger partial charge in [0.1, 0.15) is 11.6 Å². The predicted molar refractivity (Wildman–Crippen MR) is 86.5 cm³/mol. The number of anilines is 1. The van der Waals surface area contributed by atoms with Crippen LogP contribution in [0.25, 0.3) is 0 Å². The Morgan fingerprint density at radius 2 is 1.91 bits per heavy atom. The lowest BCUT2D eigenvalue weighted by atomic mass is 10.2. The zero-order valence-corrected chi connectivity index (χ0v) is 14.9. The van der Waals surface area contributed by atoms with E-state index in [4.69, 9.17) is 21.7 Å². The average molecular weight is 362 g/mol. The number of aliphatic hydroxyl groups is 2. The molecule has 0 amide bonds. The van der Waals surface area contributed by atoms with Crippen molar-refractivity contribution in [3.63, 3.8) is 0 Å². The zero-order valence-electron chi connectivity index (χ0n) is 13.4. The SMILES string of the molecule is Cc1ncc(C[n+]2csc(CCO)c2C)c(N)n1.NCCO.[Cl-]. The third kappa shape index (κ3) is 6.76. The molecule has 2 rings (SSSR count). The van der Waals surface area contributed by atoms with Gasteiger partial charge in [-0.1, -0.05) is 11.3 Å². The number of aryl methyl sites for hydroxylation is 1. The topological polar surface area (TPSA) is 122 Å². The van der Waals surface area contributed by atoms with Crippen molar-refractivity contribution < 1.29 is 27.2 Å². The molecule has 9 heteroatoms. The highest BCUT2D eigenvalue weighted by molar-refractivity contribution is 7.09. The van der Waals surface area contributed by atoms with E-state index in [0.29, 0.717) is 31.2 Å². The van der Waals surface area contributed by atoms with Crippen molar-refractivity contribution in [2.75, 3.05) is 25.5 Å². The highest BCUT2D eigenvalue weighted by atomic mass is 35.5. The molecule has 130 valence electrons. The van der Waals surface area contributed by atoms with Crippen molar-refractivity contribution in [3.05, 3.63) is 33.7 Å². The molecule has 0 unspecified atom stereocenters. The molecule has 0 atom stereocenters. The lowest BCUT2D eigenvalue weighted by Crippen LogP contribution is -3.00. The lowest BCUT2D eigenvalue weighted by molar-refractivity contribution is -0.689. The smallest absolute Gasteiger partial charge is 0.225 e. The molecule has 0 aliphatic heterocycles. The van der Waals surface area contributed by atoms with E-state index in [0.717, 1.165) is 11.3 Å². The summed E-state index contributed by atoms with van der Waals surface area (Å²) in [5.41, 5.74) is 14.8. The van der Waals surface area contributed by atoms with Crippen molar-refractivity contribution in [1.29, 1.82) is 0 Å². The van der Waals surface area contributed by atoms with Crippen molar-refractivity contribution in [2.24, 2.45) is 5.73 Å². The van der Waals surface area contributed by atoms with Crippen LogP contribution in [0.5, 0.6) is 0 Å². The minimum atomic E-state index is 0. The van der Waals surface area contributed by atoms with E-state index >= 15 is 0 Å². The van der Waals surface area contributed by atoms with Crippen LogP contribution in [0, 0.1) is 13.8 Å². The first-order valence-corrected chi connectivity index (χ1v) is 7.87. The Labute approximate surface area is 146 Å². The molecule has 0 saturated carbocycles. The van der Waals surface area contributed by atoms with Crippen LogP contribution in [0.2, 0.25) is 0 Å². The molecule has 2 aromatic heterocycles. The van der Waals surface area contributed by atoms with E-state index in [1.165, 1.54) is 4.88 Å². The number of nitrogen functional groups attached to an aromatic ring is 1. The monoisotopic (exact) mass is 361 g/mol. The standard InChI is InChI=1S/C12H17N4OS.C2H7NO.ClH/c1-8-11(3-4-17)18-7-16(8)6-10-5-14-9(2)15-12(10)13;3-1-2-4;/h5,7,17H,3-4,6H2,1-2H3,(H2,13,14,15);4H,1-3H2;1H/q+1;;/p-1. The predicted octanol–water partition coefficient (Wildman–Crippen LogP) is -3.45. The summed E-state index contributed by atoms with van der Waals surface area (Å²) in [4.78, 5) is 9.53. The van der Waals surface area contributed by atoms with Gasteiger partial charge in [0.05, 0.1) is 17.0 Å². The summed E-state index contributed by atoms with van der Waals surface area (Å²) in [5.74, 6) is 1.22. The van der Waals surface area contributed by atoms with E-state index in [1.54, 1.807) is 17.5 Å². The van der Waals surface area contributed by atoms with Crippen LogP contribution in [0.4, 0.5) is 5.82 Å². The molecule has 0 saturated heterocycles. The molecular weight excluding hydrogens is 338 g/mol. The minimum Gasteiger partial charge on any atom is -1.00 e. The van der Waals surface area contributed by atoms with Crippen LogP contribution in [-0.4, -0.2) is 39.9 Å². The molecular formula is C14H24ClN5O2S. The minimum absolute atomic E-state index is 0. The van der Waals surface area contributed by atoms with E-state index in [2.05, 4.69) is 14.5 Å². The van der Waals surface area contributed by atoms with Crippen LogP contribution < -0.4 is 28.4 Å². The van der Waals surface area contributed by atoms with Gasteiger partial charge in [-0.2, -0.15) is 4.57 Å². The Balaban J connectivity index is 0.000000871. The lowest BCUT2D eigenvalue weighted by Gasteiger charge is -2.01. The molecule has 0 spiro atoms. The quantitative estimate of drug-likeness (QED) is 0.411. The molecule has 0 aliphatic carbocycles. The average Bonchev–Trinajstić information content (AvgIpc) is 2.84. The Morgan fingerprint density at radius 1 is 1.26 bits per heavy atom. The summed E-state index contributed by atoms with van der Waals surface area (Å²) in [6.45, 7) is 5.19. The van der Waals surface area contributed by atoms with Gasteiger partial charge in [-0.05, 0) is 6.92 Å². The second-order valence-electron chi connectivity index (χ2n) is 4.67. The summed E-state index contributed by atoms with van der Waals surface area (Å²) in [6, 6.07) is 0. The summed E-state index contributed by atoms with van der Waals surface area (Å²) in [5, 5.41) is 16.7. The summed E-state index contributed by atoms with van der Waals surface area (Å²) in [7, 11) is 0. The van der Waals surface area contributed by atoms with E-state index in [1.807, 2.05) is 19.4 Å². The van der Waals surface area contributed by atoms with Crippen LogP contribution >= 0.6 is 11.3 Å². The second kappa shape index (κ2) is 11.3. The highest BCUT2D eigenvalue weighted by Gasteiger charge is 2.16. The second-order valence-corrected chi connectivity index (χ2v) is 5.61. The molecule has 0 fully saturated rings. The number of hydrogen-bond donors (Lipinski definition) is 4. The van der Waals surface area contributed by atoms with Gasteiger partial charge in [-0.25, -0.2) is 9.97 Å². The fourth-order valence-corrected chi connectivity index (χ4v) is 2.75. The van der Waals surface area contributed by atoms with Gasteiger partial charge in [-0.3, -0.25) is 0 Å². The van der Waals surface area contributed by atoms with Crippen molar-refractivity contribution in [2.45, 2.75) is 26.8 Å². The molecule has 0 radical (unpaired) electrons. The molecule has 7 nitrogen and oxygen atoms in total. The van der Waals surface area contributed by atoms with Gasteiger partial charge < -0.3 is 34.1 Å². The van der Waals surface area contributed by atoms with Crippen molar-refractivity contribution >= 4 is 17.2 Å². The number of hydrogen-bond acceptors (Lipinski definition) is 7. The third-order valence-electron chi connectivity index (χ3n) is 2.98. The first-order chi connectivity index (χ1) is 10.5. The van der Waals surface area contributed by atoms with Gasteiger partial charge >= 0.3 is 0 Å². The van der Waals surface area contributed by atoms with Crippen molar-refractivity contribution in [3.8, 4) is 0 Å². The summed E-state index contributed by atoms with van der Waals surface area (Å²) in [6.07, 6.45) is 2.47. The van der Waals surface area contributed by atoms with Gasteiger partial charge in [-0.15, -0.1) is 0 Å². The van der Waals surface area contributed by atoms with E-state index in [9.17, 15) is 0 Å². The van der Waals surface area contributed by atoms with Gasteiger partial charge in [0.25, 0.3) is 0 Å². The molecule has 23 heavy (non-hydrogen) atoms. The van der Waals surface area contributed by atoms with Crippen LogP contribution in [-0.2, 0) is 13.0 Å². The number of nitrogens with two attached hydrogens (primary N) is 2. The number of nitrogens with zero attached hydrogens (tertiary/aromatic N) is 3. The number of halogens is 1. The molecule has 6 N–H and O–H groups in total. The largest absolute Gasteiger partial charge is 1.00 e. The number of rotatable bonds is 5. The van der Waals surface area contributed by atoms with Crippen molar-refractivity contribution in [1.82, 2.24) is 9.97 Å². The zero-order chi connectivity index (χ0) is 16.5. The first kappa shape index (κ1) is 21.7. The first-order valence-electron chi connectivity index (χ1n) is 6.99. The molecule has 2 heterocycles. The maximum atomic E-state index is 8.98. The Morgan fingerprint density at radius 3 is 2.43 bits per heavy atom. The molecule has 0 aromatic carbocycles. The summed E-state index contributed by atoms with van der Waals surface area (Å²) < 4.78 is 2.11. The maximum absolute atomic E-state index is 8.98. The van der Waals surface area contributed by atoms with Gasteiger partial charge in [0, 0.05) is 32.7 Å².